The number of hydrogen-bond acceptors (Lipinski definition) is 16. The first-order valence-electron chi connectivity index (χ1n) is 27.8. The highest BCUT2D eigenvalue weighted by atomic mass is 35.5. The zero-order valence-corrected chi connectivity index (χ0v) is 50.4. The number of pyridine rings is 1. The summed E-state index contributed by atoms with van der Waals surface area (Å²) in [7, 11) is 3.08. The maximum atomic E-state index is 13.4. The summed E-state index contributed by atoms with van der Waals surface area (Å²) in [6, 6.07) is 16.5. The lowest BCUT2D eigenvalue weighted by atomic mass is 9.77. The quantitative estimate of drug-likeness (QED) is 0.0418. The van der Waals surface area contributed by atoms with Gasteiger partial charge in [0, 0.05) is 88.5 Å². The van der Waals surface area contributed by atoms with Gasteiger partial charge in [0.15, 0.2) is 11.5 Å². The summed E-state index contributed by atoms with van der Waals surface area (Å²) >= 11 is 14.3. The fourth-order valence-electron chi connectivity index (χ4n) is 9.70. The van der Waals surface area contributed by atoms with Crippen molar-refractivity contribution >= 4 is 74.5 Å². The average molecular weight is 1180 g/mol. The Labute approximate surface area is 491 Å². The number of aliphatic hydroxyl groups excluding tert-OH is 1. The molecule has 3 N–H and O–H groups in total. The second-order valence-electron chi connectivity index (χ2n) is 21.0. The molecule has 4 heterocycles. The van der Waals surface area contributed by atoms with E-state index in [4.69, 9.17) is 51.6 Å². The molecule has 2 fully saturated rings. The number of halogens is 2. The molecule has 0 unspecified atom stereocenters. The lowest BCUT2D eigenvalue weighted by Crippen LogP contribution is -2.49. The van der Waals surface area contributed by atoms with Crippen molar-refractivity contribution in [3.8, 4) is 33.8 Å². The molecule has 440 valence electrons. The minimum Gasteiger partial charge on any atom is -0.495 e. The second kappa shape index (κ2) is 32.1. The number of piperazine rings is 1. The number of aromatic nitrogens is 2. The van der Waals surface area contributed by atoms with Gasteiger partial charge in [-0.25, -0.2) is 4.98 Å². The Morgan fingerprint density at radius 3 is 2.22 bits per heavy atom. The van der Waals surface area contributed by atoms with E-state index in [0.717, 1.165) is 67.0 Å². The molecule has 2 saturated heterocycles. The number of rotatable bonds is 27. The molecule has 7 rings (SSSR count). The first-order chi connectivity index (χ1) is 39.0. The number of likely N-dealkylation sites (tertiary alicyclic amines) is 1. The lowest BCUT2D eigenvalue weighted by Gasteiger charge is -2.35. The fourth-order valence-corrected chi connectivity index (χ4v) is 11.0. The fraction of sp³-hybridized carbons (Fsp3) is 0.533. The number of carbonyl (C=O) groups excluding carboxylic acids is 3. The van der Waals surface area contributed by atoms with Gasteiger partial charge in [-0.1, -0.05) is 88.0 Å². The number of benzene rings is 3. The van der Waals surface area contributed by atoms with Crippen LogP contribution in [0.25, 0.3) is 21.3 Å². The van der Waals surface area contributed by atoms with Gasteiger partial charge in [0.05, 0.1) is 115 Å². The van der Waals surface area contributed by atoms with Gasteiger partial charge in [-0.3, -0.25) is 24.3 Å². The topological polar surface area (TPSA) is 210 Å². The van der Waals surface area contributed by atoms with Crippen molar-refractivity contribution in [3.05, 3.63) is 87.1 Å². The Morgan fingerprint density at radius 1 is 0.877 bits per heavy atom. The number of anilines is 2. The highest BCUT2D eigenvalue weighted by Gasteiger charge is 2.43. The van der Waals surface area contributed by atoms with Crippen LogP contribution in [-0.2, 0) is 35.1 Å². The minimum atomic E-state index is -0.668. The van der Waals surface area contributed by atoms with Crippen molar-refractivity contribution in [1.82, 2.24) is 30.0 Å². The molecule has 0 aliphatic carbocycles. The lowest BCUT2D eigenvalue weighted by molar-refractivity contribution is -0.145. The van der Waals surface area contributed by atoms with Gasteiger partial charge in [0.1, 0.15) is 17.9 Å². The number of hydrogen-bond donors (Lipinski definition) is 3. The average Bonchev–Trinajstić information content (AvgIpc) is 4.11. The SMILES string of the molecule is CCCC[C@H](C(=O)N1C[C@H](O)C[C@H]1C(=O)NCc1ccc(-c2scnc2C)cc1)C(C)(C)C.CCOCCOCCOCCC(=O)N1CCN(CCCOc2cc3ncc(C#N)c(Nc4cc(OC)c(Cl)cc4Cl)c3cc2OC)CC1. The van der Waals surface area contributed by atoms with Gasteiger partial charge in [0.25, 0.3) is 0 Å². The van der Waals surface area contributed by atoms with Gasteiger partial charge in [0.2, 0.25) is 17.7 Å². The van der Waals surface area contributed by atoms with Crippen LogP contribution in [0, 0.1) is 29.6 Å². The molecule has 3 amide bonds. The monoisotopic (exact) mass is 1170 g/mol. The van der Waals surface area contributed by atoms with Crippen molar-refractivity contribution < 1.29 is 47.9 Å². The zero-order valence-electron chi connectivity index (χ0n) is 48.1. The molecule has 21 heteroatoms. The van der Waals surface area contributed by atoms with E-state index >= 15 is 0 Å². The summed E-state index contributed by atoms with van der Waals surface area (Å²) in [6.45, 7) is 20.4. The third-order valence-corrected chi connectivity index (χ3v) is 15.9. The number of unbranched alkanes of at least 4 members (excludes halogenated alkanes) is 1. The van der Waals surface area contributed by atoms with Gasteiger partial charge in [-0.15, -0.1) is 11.3 Å². The molecule has 0 spiro atoms. The van der Waals surface area contributed by atoms with Crippen molar-refractivity contribution in [3.63, 3.8) is 0 Å². The number of fused-ring (bicyclic) bond motifs is 1. The number of β-amino-alcohol motifs (C(OH)–C–C–N with tert-alkyl or cyclic N) is 1. The van der Waals surface area contributed by atoms with Crippen LogP contribution in [0.5, 0.6) is 17.2 Å². The Kier molecular flexibility index (Phi) is 25.5. The van der Waals surface area contributed by atoms with Gasteiger partial charge in [-0.2, -0.15) is 5.26 Å². The molecule has 0 radical (unpaired) electrons. The molecule has 2 aliphatic heterocycles. The molecule has 2 aromatic heterocycles. The number of aryl methyl sites for hydroxylation is 1. The number of aliphatic hydroxyl groups is 1. The van der Waals surface area contributed by atoms with E-state index in [9.17, 15) is 24.8 Å². The summed E-state index contributed by atoms with van der Waals surface area (Å²) in [6.07, 6.45) is 5.07. The van der Waals surface area contributed by atoms with E-state index in [-0.39, 0.29) is 42.0 Å². The van der Waals surface area contributed by atoms with Crippen LogP contribution in [0.15, 0.2) is 60.2 Å². The van der Waals surface area contributed by atoms with Crippen molar-refractivity contribution in [1.29, 1.82) is 5.26 Å². The van der Waals surface area contributed by atoms with Crippen LogP contribution in [0.1, 0.15) is 90.0 Å². The predicted octanol–water partition coefficient (Wildman–Crippen LogP) is 10.1. The van der Waals surface area contributed by atoms with Gasteiger partial charge >= 0.3 is 0 Å². The molecule has 81 heavy (non-hydrogen) atoms. The van der Waals surface area contributed by atoms with Crippen LogP contribution < -0.4 is 24.8 Å². The van der Waals surface area contributed by atoms with Crippen molar-refractivity contribution in [2.45, 2.75) is 98.8 Å². The number of nitrogens with one attached hydrogen (secondary N) is 2. The summed E-state index contributed by atoms with van der Waals surface area (Å²) in [4.78, 5) is 54.9. The zero-order chi connectivity index (χ0) is 58.5. The maximum absolute atomic E-state index is 13.4. The summed E-state index contributed by atoms with van der Waals surface area (Å²) in [5.41, 5.74) is 6.73. The third-order valence-electron chi connectivity index (χ3n) is 14.3. The molecule has 5 aromatic rings. The normalized spacial score (nSPS) is 15.9. The van der Waals surface area contributed by atoms with Crippen LogP contribution in [0.3, 0.4) is 0 Å². The van der Waals surface area contributed by atoms with E-state index in [1.54, 1.807) is 47.6 Å². The molecule has 0 saturated carbocycles. The number of nitrogens with zero attached hydrogens (tertiary/aromatic N) is 6. The highest BCUT2D eigenvalue weighted by molar-refractivity contribution is 7.13. The van der Waals surface area contributed by atoms with Gasteiger partial charge in [-0.05, 0) is 55.4 Å². The number of amides is 3. The van der Waals surface area contributed by atoms with Gasteiger partial charge < -0.3 is 54.0 Å². The van der Waals surface area contributed by atoms with Crippen LogP contribution in [-0.4, -0.2) is 159 Å². The molecule has 2 aliphatic rings. The molecule has 3 atom stereocenters. The molecular weight excluding hydrogens is 1100 g/mol. The first-order valence-corrected chi connectivity index (χ1v) is 29.5. The predicted molar refractivity (Wildman–Crippen MR) is 318 cm³/mol. The Morgan fingerprint density at radius 2 is 1.58 bits per heavy atom. The standard InChI is InChI=1S/C34H43Cl2N5O7.C26H37N3O3S/c1-4-45-14-15-47-17-16-46-13-6-33(42)41-10-8-40(9-11-41)7-5-12-48-32-20-28-25(18-31(32)44-3)34(24(22-37)23-38-28)39-29-21-30(43-2)27(36)19-26(29)35;1-6-7-8-21(26(3,4)5)25(32)29-15-20(30)13-22(29)24(31)27-14-18-9-11-19(12-10-18)23-17(2)28-16-33-23/h18-21,23H,4-17H2,1-3H3,(H,38,39);9-12,16,20-22,30H,6-8,13-15H2,1-5H3,(H,27,31)/t;20-,21-,22+/m.1/s1. The minimum absolute atomic E-state index is 0.0167. The second-order valence-corrected chi connectivity index (χ2v) is 22.7. The number of carbonyl (C=O) groups is 3. The molecular formula is C60H80Cl2N8O10S. The van der Waals surface area contributed by atoms with Crippen molar-refractivity contribution in [2.75, 3.05) is 105 Å². The van der Waals surface area contributed by atoms with Crippen LogP contribution in [0.2, 0.25) is 10.0 Å². The Bertz CT molecular complexity index is 2870. The first kappa shape index (κ1) is 64.3. The molecule has 0 bridgehead atoms. The highest BCUT2D eigenvalue weighted by Crippen LogP contribution is 2.41. The van der Waals surface area contributed by atoms with Crippen LogP contribution in [0.4, 0.5) is 11.4 Å². The summed E-state index contributed by atoms with van der Waals surface area (Å²) in [5, 5.41) is 27.7. The Hall–Kier alpha value is -5.82. The van der Waals surface area contributed by atoms with E-state index in [0.29, 0.717) is 127 Å². The van der Waals surface area contributed by atoms with E-state index in [2.05, 4.69) is 59.3 Å². The number of nitriles is 1. The van der Waals surface area contributed by atoms with Crippen molar-refractivity contribution in [2.24, 2.45) is 11.3 Å². The Balaban J connectivity index is 0.000000279. The maximum Gasteiger partial charge on any atom is 0.243 e. The molecule has 18 nitrogen and oxygen atoms in total. The van der Waals surface area contributed by atoms with E-state index < -0.39 is 12.1 Å². The van der Waals surface area contributed by atoms with E-state index in [1.807, 2.05) is 48.5 Å². The van der Waals surface area contributed by atoms with Crippen LogP contribution >= 0.6 is 34.5 Å². The molecule has 3 aromatic carbocycles. The summed E-state index contributed by atoms with van der Waals surface area (Å²) < 4.78 is 33.3. The smallest absolute Gasteiger partial charge is 0.243 e. The third kappa shape index (κ3) is 18.6. The number of methoxy groups -OCH3 is 2. The summed E-state index contributed by atoms with van der Waals surface area (Å²) in [5.74, 6) is 1.23. The number of ether oxygens (including phenoxy) is 6. The largest absolute Gasteiger partial charge is 0.495 e. The number of thiazole rings is 1. The van der Waals surface area contributed by atoms with E-state index in [1.165, 1.54) is 13.3 Å².